The van der Waals surface area contributed by atoms with Crippen LogP contribution in [-0.2, 0) is 4.79 Å². The van der Waals surface area contributed by atoms with E-state index in [9.17, 15) is 4.79 Å². The van der Waals surface area contributed by atoms with Crippen LogP contribution in [0.25, 0.3) is 10.9 Å². The smallest absolute Gasteiger partial charge is 0.222 e. The van der Waals surface area contributed by atoms with E-state index >= 15 is 0 Å². The fraction of sp³-hybridized carbons (Fsp3) is 0.565. The maximum Gasteiger partial charge on any atom is 0.222 e. The third-order valence-electron chi connectivity index (χ3n) is 6.80. The number of nitrogens with zero attached hydrogens (tertiary/aromatic N) is 3. The van der Waals surface area contributed by atoms with Crippen LogP contribution >= 0.6 is 0 Å². The quantitative estimate of drug-likeness (QED) is 0.809. The second-order valence-electron chi connectivity index (χ2n) is 8.94. The van der Waals surface area contributed by atoms with Crippen LogP contribution < -0.4 is 9.64 Å². The molecule has 1 aromatic carbocycles. The van der Waals surface area contributed by atoms with Gasteiger partial charge in [-0.15, -0.1) is 0 Å². The Hall–Kier alpha value is -2.30. The van der Waals surface area contributed by atoms with Crippen LogP contribution in [0.15, 0.2) is 30.3 Å². The molecule has 5 nitrogen and oxygen atoms in total. The number of pyridine rings is 1. The molecule has 0 unspecified atom stereocenters. The van der Waals surface area contributed by atoms with Gasteiger partial charge in [-0.25, -0.2) is 4.98 Å². The van der Waals surface area contributed by atoms with Crippen molar-refractivity contribution in [2.45, 2.75) is 38.5 Å². The zero-order chi connectivity index (χ0) is 19.1. The molecule has 1 spiro atoms. The summed E-state index contributed by atoms with van der Waals surface area (Å²) in [5, 5.41) is 1.11. The molecule has 1 atom stereocenters. The molecule has 1 amide bonds. The van der Waals surface area contributed by atoms with Crippen LogP contribution in [0.3, 0.4) is 0 Å². The first-order chi connectivity index (χ1) is 13.7. The van der Waals surface area contributed by atoms with E-state index in [1.54, 1.807) is 7.11 Å². The van der Waals surface area contributed by atoms with Crippen LogP contribution in [-0.4, -0.2) is 49.1 Å². The number of carbonyl (C=O) groups is 1. The van der Waals surface area contributed by atoms with Gasteiger partial charge in [0.15, 0.2) is 0 Å². The van der Waals surface area contributed by atoms with Crippen molar-refractivity contribution in [1.82, 2.24) is 9.88 Å². The minimum atomic E-state index is 0.221. The van der Waals surface area contributed by atoms with Gasteiger partial charge >= 0.3 is 0 Å². The highest BCUT2D eigenvalue weighted by Crippen LogP contribution is 2.41. The minimum absolute atomic E-state index is 0.221. The van der Waals surface area contributed by atoms with E-state index in [1.165, 1.54) is 19.3 Å². The predicted octanol–water partition coefficient (Wildman–Crippen LogP) is 3.86. The van der Waals surface area contributed by atoms with E-state index in [1.807, 2.05) is 12.1 Å². The normalized spacial score (nSPS) is 25.5. The fourth-order valence-electron chi connectivity index (χ4n) is 5.07. The van der Waals surface area contributed by atoms with Crippen LogP contribution in [0.4, 0.5) is 5.82 Å². The molecule has 3 aliphatic rings. The summed E-state index contributed by atoms with van der Waals surface area (Å²) in [6, 6.07) is 10.3. The summed E-state index contributed by atoms with van der Waals surface area (Å²) < 4.78 is 5.52. The van der Waals surface area contributed by atoms with E-state index in [4.69, 9.17) is 9.72 Å². The zero-order valence-corrected chi connectivity index (χ0v) is 16.7. The minimum Gasteiger partial charge on any atom is -0.494 e. The van der Waals surface area contributed by atoms with Gasteiger partial charge in [-0.1, -0.05) is 12.1 Å². The molecule has 1 aliphatic carbocycles. The predicted molar refractivity (Wildman–Crippen MR) is 111 cm³/mol. The van der Waals surface area contributed by atoms with Gasteiger partial charge in [0, 0.05) is 43.4 Å². The molecule has 2 aromatic rings. The monoisotopic (exact) mass is 379 g/mol. The number of methoxy groups -OCH3 is 1. The molecule has 1 aromatic heterocycles. The number of anilines is 1. The summed E-state index contributed by atoms with van der Waals surface area (Å²) in [7, 11) is 1.70. The number of benzene rings is 1. The number of aromatic nitrogens is 1. The van der Waals surface area contributed by atoms with Crippen LogP contribution in [0, 0.1) is 11.3 Å². The van der Waals surface area contributed by atoms with Gasteiger partial charge in [0.1, 0.15) is 17.1 Å². The molecule has 0 bridgehead atoms. The van der Waals surface area contributed by atoms with E-state index in [0.717, 1.165) is 67.4 Å². The summed E-state index contributed by atoms with van der Waals surface area (Å²) in [6.45, 7) is 3.93. The molecule has 3 fully saturated rings. The highest BCUT2D eigenvalue weighted by Gasteiger charge is 2.43. The molecule has 28 heavy (non-hydrogen) atoms. The van der Waals surface area contributed by atoms with Gasteiger partial charge in [-0.05, 0) is 56.2 Å². The second-order valence-corrected chi connectivity index (χ2v) is 8.94. The third kappa shape index (κ3) is 3.31. The molecule has 148 valence electrons. The number of amides is 1. The number of rotatable bonds is 4. The number of hydrogen-bond acceptors (Lipinski definition) is 4. The first-order valence-electron chi connectivity index (χ1n) is 10.6. The van der Waals surface area contributed by atoms with E-state index < -0.39 is 0 Å². The summed E-state index contributed by atoms with van der Waals surface area (Å²) in [5.41, 5.74) is 1.15. The average Bonchev–Trinajstić information content (AvgIpc) is 3.54. The topological polar surface area (TPSA) is 45.7 Å². The Kier molecular flexibility index (Phi) is 4.41. The van der Waals surface area contributed by atoms with Crippen molar-refractivity contribution >= 4 is 22.6 Å². The molecule has 1 saturated carbocycles. The molecule has 2 saturated heterocycles. The lowest BCUT2D eigenvalue weighted by Crippen LogP contribution is -2.54. The molecule has 3 heterocycles. The largest absolute Gasteiger partial charge is 0.494 e. The highest BCUT2D eigenvalue weighted by molar-refractivity contribution is 5.86. The Morgan fingerprint density at radius 1 is 1.18 bits per heavy atom. The maximum absolute atomic E-state index is 12.4. The van der Waals surface area contributed by atoms with Gasteiger partial charge in [-0.2, -0.15) is 0 Å². The Bertz CT molecular complexity index is 895. The molecule has 0 N–H and O–H groups in total. The van der Waals surface area contributed by atoms with Crippen LogP contribution in [0.2, 0.25) is 0 Å². The van der Waals surface area contributed by atoms with Crippen molar-refractivity contribution in [1.29, 1.82) is 0 Å². The van der Waals surface area contributed by atoms with Gasteiger partial charge in [0.25, 0.3) is 0 Å². The Labute approximate surface area is 166 Å². The van der Waals surface area contributed by atoms with Gasteiger partial charge in [0.05, 0.1) is 7.11 Å². The fourth-order valence-corrected chi connectivity index (χ4v) is 5.07. The number of hydrogen-bond donors (Lipinski definition) is 0. The van der Waals surface area contributed by atoms with Crippen LogP contribution in [0.5, 0.6) is 5.75 Å². The summed E-state index contributed by atoms with van der Waals surface area (Å²) in [6.07, 6.45) is 6.70. The standard InChI is InChI=1S/C23H29N3O2/c1-28-19-5-2-4-18-8-9-20(24-22(18)19)25-13-3-11-23(15-25)12-10-21(27)26(16-23)14-17-6-7-17/h2,4-5,8-9,17H,3,6-7,10-16H2,1H3/t23-/m0/s1. The zero-order valence-electron chi connectivity index (χ0n) is 16.7. The van der Waals surface area contributed by atoms with Crippen LogP contribution in [0.1, 0.15) is 38.5 Å². The van der Waals surface area contributed by atoms with Gasteiger partial charge < -0.3 is 14.5 Å². The highest BCUT2D eigenvalue weighted by atomic mass is 16.5. The van der Waals surface area contributed by atoms with Crippen molar-refractivity contribution in [2.75, 3.05) is 38.2 Å². The summed E-state index contributed by atoms with van der Waals surface area (Å²) in [5.74, 6) is 2.98. The molecule has 2 aliphatic heterocycles. The maximum atomic E-state index is 12.4. The van der Waals surface area contributed by atoms with E-state index in [2.05, 4.69) is 28.0 Å². The Morgan fingerprint density at radius 3 is 2.89 bits per heavy atom. The van der Waals surface area contributed by atoms with Crippen molar-refractivity contribution in [2.24, 2.45) is 11.3 Å². The molecular weight excluding hydrogens is 350 g/mol. The van der Waals surface area contributed by atoms with Crippen molar-refractivity contribution in [3.8, 4) is 5.75 Å². The molecular formula is C23H29N3O2. The summed E-state index contributed by atoms with van der Waals surface area (Å²) in [4.78, 5) is 22.0. The number of carbonyl (C=O) groups excluding carboxylic acids is 1. The third-order valence-corrected chi connectivity index (χ3v) is 6.80. The van der Waals surface area contributed by atoms with Gasteiger partial charge in [-0.3, -0.25) is 4.79 Å². The Balaban J connectivity index is 1.39. The van der Waals surface area contributed by atoms with E-state index in [0.29, 0.717) is 12.3 Å². The van der Waals surface area contributed by atoms with E-state index in [-0.39, 0.29) is 5.41 Å². The number of likely N-dealkylation sites (tertiary alicyclic amines) is 1. The summed E-state index contributed by atoms with van der Waals surface area (Å²) >= 11 is 0. The lowest BCUT2D eigenvalue weighted by Gasteiger charge is -2.48. The first kappa shape index (κ1) is 17.8. The number of piperidine rings is 2. The number of fused-ring (bicyclic) bond motifs is 1. The van der Waals surface area contributed by atoms with Gasteiger partial charge in [0.2, 0.25) is 5.91 Å². The molecule has 5 rings (SSSR count). The van der Waals surface area contributed by atoms with Crippen molar-refractivity contribution in [3.05, 3.63) is 30.3 Å². The SMILES string of the molecule is COc1cccc2ccc(N3CCC[C@]4(CCC(=O)N(CC5CC5)C4)C3)nc12. The first-order valence-corrected chi connectivity index (χ1v) is 10.6. The average molecular weight is 380 g/mol. The lowest BCUT2D eigenvalue weighted by atomic mass is 9.73. The number of ether oxygens (including phenoxy) is 1. The van der Waals surface area contributed by atoms with Crippen molar-refractivity contribution in [3.63, 3.8) is 0 Å². The number of para-hydroxylation sites is 1. The molecule has 5 heteroatoms. The second kappa shape index (κ2) is 6.94. The lowest BCUT2D eigenvalue weighted by molar-refractivity contribution is -0.138. The van der Waals surface area contributed by atoms with Crippen molar-refractivity contribution < 1.29 is 9.53 Å². The Morgan fingerprint density at radius 2 is 2.07 bits per heavy atom. The molecule has 0 radical (unpaired) electrons.